The molecule has 1 fully saturated rings. The van der Waals surface area contributed by atoms with Gasteiger partial charge in [0.1, 0.15) is 0 Å². The van der Waals surface area contributed by atoms with E-state index in [4.69, 9.17) is 0 Å². The van der Waals surface area contributed by atoms with E-state index >= 15 is 0 Å². The third kappa shape index (κ3) is 1.39. The van der Waals surface area contributed by atoms with Crippen LogP contribution in [0.2, 0.25) is 0 Å². The Bertz CT molecular complexity index is 172. The molecule has 2 heteroatoms. The molecule has 1 atom stereocenters. The average Bonchev–Trinajstić information content (AvgIpc) is 1.85. The Kier molecular flexibility index (Phi) is 1.95. The summed E-state index contributed by atoms with van der Waals surface area (Å²) in [5.41, 5.74) is 0.251. The third-order valence-electron chi connectivity index (χ3n) is 2.76. The van der Waals surface area contributed by atoms with Crippen molar-refractivity contribution in [2.45, 2.75) is 26.7 Å². The molecule has 0 spiro atoms. The largest absolute Gasteiger partial charge is 0.349 e. The molecule has 1 saturated carbocycles. The molecular formula is C9H17NO. The highest BCUT2D eigenvalue weighted by molar-refractivity contribution is 5.80. The number of rotatable bonds is 1. The van der Waals surface area contributed by atoms with Gasteiger partial charge >= 0.3 is 0 Å². The maximum absolute atomic E-state index is 11.5. The lowest BCUT2D eigenvalue weighted by Gasteiger charge is -2.44. The number of hydrogen-bond acceptors (Lipinski definition) is 1. The lowest BCUT2D eigenvalue weighted by molar-refractivity contribution is -0.142. The number of carbonyl (C=O) groups is 1. The van der Waals surface area contributed by atoms with Gasteiger partial charge in [0.2, 0.25) is 5.91 Å². The minimum atomic E-state index is 0.251. The van der Waals surface area contributed by atoms with Gasteiger partial charge < -0.3 is 4.90 Å². The topological polar surface area (TPSA) is 20.3 Å². The van der Waals surface area contributed by atoms with Gasteiger partial charge in [-0.3, -0.25) is 4.79 Å². The summed E-state index contributed by atoms with van der Waals surface area (Å²) in [5.74, 6) is 0.568. The number of hydrogen-bond donors (Lipinski definition) is 0. The summed E-state index contributed by atoms with van der Waals surface area (Å²) in [4.78, 5) is 13.2. The molecule has 0 aliphatic heterocycles. The smallest absolute Gasteiger partial charge is 0.225 e. The normalized spacial score (nSPS) is 27.5. The minimum Gasteiger partial charge on any atom is -0.349 e. The fraction of sp³-hybridized carbons (Fsp3) is 0.889. The van der Waals surface area contributed by atoms with Gasteiger partial charge in [-0.1, -0.05) is 13.8 Å². The molecule has 0 radical (unpaired) electrons. The molecule has 1 aliphatic rings. The van der Waals surface area contributed by atoms with Crippen LogP contribution in [0.5, 0.6) is 0 Å². The summed E-state index contributed by atoms with van der Waals surface area (Å²) in [6, 6.07) is 0. The van der Waals surface area contributed by atoms with Gasteiger partial charge in [-0.25, -0.2) is 0 Å². The standard InChI is InChI=1S/C9H17NO/c1-9(2)6-5-7(9)8(11)10(3)4/h7H,5-6H2,1-4H3. The van der Waals surface area contributed by atoms with E-state index in [2.05, 4.69) is 13.8 Å². The highest BCUT2D eigenvalue weighted by atomic mass is 16.2. The van der Waals surface area contributed by atoms with Gasteiger partial charge in [0.25, 0.3) is 0 Å². The molecule has 0 aromatic carbocycles. The molecule has 1 aliphatic carbocycles. The van der Waals surface area contributed by atoms with Crippen LogP contribution >= 0.6 is 0 Å². The molecule has 64 valence electrons. The molecule has 1 amide bonds. The zero-order valence-corrected chi connectivity index (χ0v) is 7.85. The Morgan fingerprint density at radius 1 is 1.45 bits per heavy atom. The van der Waals surface area contributed by atoms with Gasteiger partial charge in [-0.2, -0.15) is 0 Å². The predicted octanol–water partition coefficient (Wildman–Crippen LogP) is 1.51. The zero-order valence-electron chi connectivity index (χ0n) is 7.85. The quantitative estimate of drug-likeness (QED) is 0.562. The van der Waals surface area contributed by atoms with Crippen LogP contribution in [0.4, 0.5) is 0 Å². The van der Waals surface area contributed by atoms with E-state index in [0.29, 0.717) is 5.91 Å². The van der Waals surface area contributed by atoms with E-state index in [-0.39, 0.29) is 11.3 Å². The van der Waals surface area contributed by atoms with Crippen molar-refractivity contribution in [1.29, 1.82) is 0 Å². The molecule has 1 unspecified atom stereocenters. The summed E-state index contributed by atoms with van der Waals surface area (Å²) in [7, 11) is 3.66. The van der Waals surface area contributed by atoms with Crippen molar-refractivity contribution < 1.29 is 4.79 Å². The lowest BCUT2D eigenvalue weighted by Crippen LogP contribution is -2.45. The van der Waals surface area contributed by atoms with Gasteiger partial charge in [-0.15, -0.1) is 0 Å². The summed E-state index contributed by atoms with van der Waals surface area (Å²) >= 11 is 0. The molecule has 2 nitrogen and oxygen atoms in total. The Morgan fingerprint density at radius 2 is 2.00 bits per heavy atom. The zero-order chi connectivity index (χ0) is 8.65. The fourth-order valence-corrected chi connectivity index (χ4v) is 1.64. The Hall–Kier alpha value is -0.530. The summed E-state index contributed by atoms with van der Waals surface area (Å²) in [5, 5.41) is 0. The monoisotopic (exact) mass is 155 g/mol. The van der Waals surface area contributed by atoms with Crippen LogP contribution in [-0.4, -0.2) is 24.9 Å². The van der Waals surface area contributed by atoms with E-state index in [1.165, 1.54) is 6.42 Å². The fourth-order valence-electron chi connectivity index (χ4n) is 1.64. The maximum atomic E-state index is 11.5. The van der Waals surface area contributed by atoms with Crippen LogP contribution in [0, 0.1) is 11.3 Å². The maximum Gasteiger partial charge on any atom is 0.225 e. The van der Waals surface area contributed by atoms with Crippen molar-refractivity contribution in [3.63, 3.8) is 0 Å². The average molecular weight is 155 g/mol. The van der Waals surface area contributed by atoms with Gasteiger partial charge in [-0.05, 0) is 18.3 Å². The van der Waals surface area contributed by atoms with Crippen molar-refractivity contribution in [2.24, 2.45) is 11.3 Å². The third-order valence-corrected chi connectivity index (χ3v) is 2.76. The van der Waals surface area contributed by atoms with E-state index < -0.39 is 0 Å². The predicted molar refractivity (Wildman–Crippen MR) is 45.2 cm³/mol. The van der Waals surface area contributed by atoms with Crippen molar-refractivity contribution >= 4 is 5.91 Å². The van der Waals surface area contributed by atoms with Crippen molar-refractivity contribution in [3.05, 3.63) is 0 Å². The van der Waals surface area contributed by atoms with Crippen LogP contribution in [0.1, 0.15) is 26.7 Å². The second-order valence-electron chi connectivity index (χ2n) is 4.31. The first kappa shape index (κ1) is 8.57. The highest BCUT2D eigenvalue weighted by Crippen LogP contribution is 2.46. The Labute approximate surface area is 68.6 Å². The second kappa shape index (κ2) is 2.50. The first-order chi connectivity index (χ1) is 4.95. The highest BCUT2D eigenvalue weighted by Gasteiger charge is 2.43. The van der Waals surface area contributed by atoms with Gasteiger partial charge in [0.05, 0.1) is 0 Å². The molecule has 0 saturated heterocycles. The molecule has 0 aromatic heterocycles. The van der Waals surface area contributed by atoms with Gasteiger partial charge in [0, 0.05) is 20.0 Å². The summed E-state index contributed by atoms with van der Waals surface area (Å²) < 4.78 is 0. The first-order valence-corrected chi connectivity index (χ1v) is 4.16. The molecule has 0 aromatic rings. The Balaban J connectivity index is 2.56. The summed E-state index contributed by atoms with van der Waals surface area (Å²) in [6.07, 6.45) is 2.27. The summed E-state index contributed by atoms with van der Waals surface area (Å²) in [6.45, 7) is 4.34. The molecule has 1 rings (SSSR count). The van der Waals surface area contributed by atoms with Crippen molar-refractivity contribution in [1.82, 2.24) is 4.90 Å². The van der Waals surface area contributed by atoms with Crippen LogP contribution < -0.4 is 0 Å². The van der Waals surface area contributed by atoms with Crippen LogP contribution in [0.25, 0.3) is 0 Å². The SMILES string of the molecule is CN(C)C(=O)C1CCC1(C)C. The molecule has 11 heavy (non-hydrogen) atoms. The Morgan fingerprint density at radius 3 is 2.09 bits per heavy atom. The van der Waals surface area contributed by atoms with E-state index in [1.54, 1.807) is 4.90 Å². The molecule has 0 heterocycles. The van der Waals surface area contributed by atoms with E-state index in [1.807, 2.05) is 14.1 Å². The first-order valence-electron chi connectivity index (χ1n) is 4.16. The van der Waals surface area contributed by atoms with Crippen LogP contribution in [0.15, 0.2) is 0 Å². The number of carbonyl (C=O) groups excluding carboxylic acids is 1. The molecule has 0 bridgehead atoms. The van der Waals surface area contributed by atoms with Crippen LogP contribution in [-0.2, 0) is 4.79 Å². The van der Waals surface area contributed by atoms with E-state index in [0.717, 1.165) is 6.42 Å². The minimum absolute atomic E-state index is 0.251. The lowest BCUT2D eigenvalue weighted by atomic mass is 9.62. The second-order valence-corrected chi connectivity index (χ2v) is 4.31. The molecular weight excluding hydrogens is 138 g/mol. The van der Waals surface area contributed by atoms with Gasteiger partial charge in [0.15, 0.2) is 0 Å². The van der Waals surface area contributed by atoms with Crippen molar-refractivity contribution in [2.75, 3.05) is 14.1 Å². The van der Waals surface area contributed by atoms with E-state index in [9.17, 15) is 4.79 Å². The number of nitrogens with zero attached hydrogens (tertiary/aromatic N) is 1. The van der Waals surface area contributed by atoms with Crippen LogP contribution in [0.3, 0.4) is 0 Å². The number of amides is 1. The van der Waals surface area contributed by atoms with Crippen molar-refractivity contribution in [3.8, 4) is 0 Å². The molecule has 0 N–H and O–H groups in total.